The first-order valence-electron chi connectivity index (χ1n) is 4.49. The number of benzene rings is 1. The monoisotopic (exact) mass is 304 g/mol. The molecule has 16 heavy (non-hydrogen) atoms. The zero-order valence-corrected chi connectivity index (χ0v) is 11.1. The van der Waals surface area contributed by atoms with Gasteiger partial charge < -0.3 is 4.74 Å². The highest BCUT2D eigenvalue weighted by Gasteiger charge is 2.16. The molecule has 0 radical (unpaired) electrons. The van der Waals surface area contributed by atoms with E-state index in [9.17, 15) is 9.59 Å². The van der Waals surface area contributed by atoms with Gasteiger partial charge in [0.1, 0.15) is 5.78 Å². The van der Waals surface area contributed by atoms with Crippen LogP contribution in [0.25, 0.3) is 0 Å². The summed E-state index contributed by atoms with van der Waals surface area (Å²) >= 11 is 9.16. The molecule has 0 heterocycles. The van der Waals surface area contributed by atoms with Crippen molar-refractivity contribution in [2.24, 2.45) is 0 Å². The van der Waals surface area contributed by atoms with E-state index in [4.69, 9.17) is 11.6 Å². The molecule has 0 saturated heterocycles. The fourth-order valence-corrected chi connectivity index (χ4v) is 1.75. The number of hydrogen-bond donors (Lipinski definition) is 0. The molecule has 1 aromatic rings. The van der Waals surface area contributed by atoms with Crippen molar-refractivity contribution < 1.29 is 14.3 Å². The van der Waals surface area contributed by atoms with Crippen LogP contribution in [0.15, 0.2) is 18.2 Å². The van der Waals surface area contributed by atoms with Crippen LogP contribution in [0.4, 0.5) is 0 Å². The van der Waals surface area contributed by atoms with Gasteiger partial charge in [-0.15, -0.1) is 0 Å². The van der Waals surface area contributed by atoms with Gasteiger partial charge >= 0.3 is 5.97 Å². The Bertz CT molecular complexity index is 431. The van der Waals surface area contributed by atoms with Crippen LogP contribution in [0, 0.1) is 0 Å². The van der Waals surface area contributed by atoms with E-state index in [1.165, 1.54) is 14.0 Å². The number of methoxy groups -OCH3 is 1. The third-order valence-electron chi connectivity index (χ3n) is 2.05. The van der Waals surface area contributed by atoms with Crippen LogP contribution >= 0.6 is 27.5 Å². The number of carbonyl (C=O) groups is 2. The van der Waals surface area contributed by atoms with E-state index in [1.54, 1.807) is 18.2 Å². The Morgan fingerprint density at radius 1 is 1.44 bits per heavy atom. The number of hydrogen-bond acceptors (Lipinski definition) is 3. The van der Waals surface area contributed by atoms with Gasteiger partial charge in [-0.3, -0.25) is 4.79 Å². The summed E-state index contributed by atoms with van der Waals surface area (Å²) in [6.07, 6.45) is 0. The minimum absolute atomic E-state index is 0.0260. The lowest BCUT2D eigenvalue weighted by Gasteiger charge is -2.08. The number of halogens is 2. The Balaban J connectivity index is 3.08. The summed E-state index contributed by atoms with van der Waals surface area (Å²) < 4.78 is 4.56. The number of alkyl halides is 1. The summed E-state index contributed by atoms with van der Waals surface area (Å²) in [5.41, 5.74) is 1.00. The number of ketones is 1. The second kappa shape index (κ2) is 5.46. The van der Waals surface area contributed by atoms with Gasteiger partial charge in [0.05, 0.1) is 22.5 Å². The van der Waals surface area contributed by atoms with Gasteiger partial charge in [0, 0.05) is 0 Å². The van der Waals surface area contributed by atoms with Gasteiger partial charge in [-0.05, 0) is 24.6 Å². The summed E-state index contributed by atoms with van der Waals surface area (Å²) in [5.74, 6) is -0.521. The van der Waals surface area contributed by atoms with Crippen molar-refractivity contribution in [3.63, 3.8) is 0 Å². The summed E-state index contributed by atoms with van der Waals surface area (Å²) in [4.78, 5) is 22.0. The molecule has 0 aliphatic carbocycles. The third kappa shape index (κ3) is 2.83. The maximum atomic E-state index is 11.3. The average molecular weight is 306 g/mol. The van der Waals surface area contributed by atoms with E-state index < -0.39 is 10.8 Å². The molecule has 0 bridgehead atoms. The number of esters is 1. The summed E-state index contributed by atoms with van der Waals surface area (Å²) in [7, 11) is 1.29. The molecule has 5 heteroatoms. The first-order valence-corrected chi connectivity index (χ1v) is 5.79. The Kier molecular flexibility index (Phi) is 4.50. The van der Waals surface area contributed by atoms with Gasteiger partial charge in [-0.2, -0.15) is 0 Å². The zero-order valence-electron chi connectivity index (χ0n) is 8.79. The number of Topliss-reactive ketones (excluding diaryl/α,β-unsaturated/α-hetero) is 1. The third-order valence-corrected chi connectivity index (χ3v) is 3.53. The lowest BCUT2D eigenvalue weighted by atomic mass is 10.1. The zero-order chi connectivity index (χ0) is 12.3. The number of rotatable bonds is 3. The molecule has 0 amide bonds. The minimum atomic E-state index is -0.495. The van der Waals surface area contributed by atoms with E-state index in [1.807, 2.05) is 0 Å². The summed E-state index contributed by atoms with van der Waals surface area (Å²) in [6.45, 7) is 1.47. The van der Waals surface area contributed by atoms with Crippen molar-refractivity contribution in [1.82, 2.24) is 0 Å². The van der Waals surface area contributed by atoms with E-state index in [-0.39, 0.29) is 16.4 Å². The maximum absolute atomic E-state index is 11.3. The molecular formula is C11H10BrClO3. The normalized spacial score (nSPS) is 12.0. The summed E-state index contributed by atoms with van der Waals surface area (Å²) in [6, 6.07) is 4.79. The van der Waals surface area contributed by atoms with Gasteiger partial charge in [0.2, 0.25) is 0 Å². The fourth-order valence-electron chi connectivity index (χ4n) is 1.20. The largest absolute Gasteiger partial charge is 0.465 e. The van der Waals surface area contributed by atoms with Crippen LogP contribution in [-0.4, -0.2) is 18.9 Å². The maximum Gasteiger partial charge on any atom is 0.339 e. The molecule has 0 aromatic heterocycles. The molecule has 0 fully saturated rings. The van der Waals surface area contributed by atoms with Crippen molar-refractivity contribution in [2.75, 3.05) is 7.11 Å². The molecule has 0 saturated carbocycles. The topological polar surface area (TPSA) is 43.4 Å². The quantitative estimate of drug-likeness (QED) is 0.636. The molecule has 1 atom stereocenters. The molecule has 3 nitrogen and oxygen atoms in total. The molecule has 0 spiro atoms. The van der Waals surface area contributed by atoms with Crippen LogP contribution in [0.2, 0.25) is 5.02 Å². The van der Waals surface area contributed by atoms with Crippen molar-refractivity contribution in [3.05, 3.63) is 34.3 Å². The molecule has 1 rings (SSSR count). The van der Waals surface area contributed by atoms with Gasteiger partial charge in [-0.1, -0.05) is 33.6 Å². The van der Waals surface area contributed by atoms with E-state index in [0.29, 0.717) is 5.56 Å². The predicted molar refractivity (Wildman–Crippen MR) is 65.1 cm³/mol. The van der Waals surface area contributed by atoms with Gasteiger partial charge in [-0.25, -0.2) is 4.79 Å². The van der Waals surface area contributed by atoms with Crippen molar-refractivity contribution >= 4 is 39.3 Å². The Hall–Kier alpha value is -0.870. The predicted octanol–water partition coefficient (Wildman–Crippen LogP) is 3.15. The molecule has 0 aliphatic heterocycles. The average Bonchev–Trinajstić information content (AvgIpc) is 2.26. The highest BCUT2D eigenvalue weighted by atomic mass is 79.9. The Morgan fingerprint density at radius 2 is 2.06 bits per heavy atom. The highest BCUT2D eigenvalue weighted by Crippen LogP contribution is 2.28. The molecule has 0 aliphatic rings. The molecule has 1 aromatic carbocycles. The van der Waals surface area contributed by atoms with Crippen molar-refractivity contribution in [2.45, 2.75) is 11.8 Å². The first kappa shape index (κ1) is 13.2. The summed E-state index contributed by atoms with van der Waals surface area (Å²) in [5, 5.41) is 0.273. The van der Waals surface area contributed by atoms with Crippen molar-refractivity contribution in [1.29, 1.82) is 0 Å². The Labute approximate surface area is 107 Å². The first-order chi connectivity index (χ1) is 7.47. The van der Waals surface area contributed by atoms with E-state index >= 15 is 0 Å². The van der Waals surface area contributed by atoms with E-state index in [0.717, 1.165) is 0 Å². The molecular weight excluding hydrogens is 295 g/mol. The number of ether oxygens (including phenoxy) is 1. The minimum Gasteiger partial charge on any atom is -0.465 e. The second-order valence-corrected chi connectivity index (χ2v) is 4.53. The van der Waals surface area contributed by atoms with Crippen molar-refractivity contribution in [3.8, 4) is 0 Å². The van der Waals surface area contributed by atoms with Crippen LogP contribution in [0.5, 0.6) is 0 Å². The SMILES string of the molecule is COC(=O)c1ccc(C(Br)C(C)=O)cc1Cl. The van der Waals surface area contributed by atoms with E-state index in [2.05, 4.69) is 20.7 Å². The highest BCUT2D eigenvalue weighted by molar-refractivity contribution is 9.09. The molecule has 0 N–H and O–H groups in total. The van der Waals surface area contributed by atoms with Gasteiger partial charge in [0.15, 0.2) is 0 Å². The fraction of sp³-hybridized carbons (Fsp3) is 0.273. The van der Waals surface area contributed by atoms with Crippen LogP contribution in [-0.2, 0) is 9.53 Å². The van der Waals surface area contributed by atoms with Crippen LogP contribution < -0.4 is 0 Å². The molecule has 86 valence electrons. The number of carbonyl (C=O) groups excluding carboxylic acids is 2. The van der Waals surface area contributed by atoms with Gasteiger partial charge in [0.25, 0.3) is 0 Å². The lowest BCUT2D eigenvalue weighted by molar-refractivity contribution is -0.116. The standard InChI is InChI=1S/C11H10BrClO3/c1-6(14)10(12)7-3-4-8(9(13)5-7)11(15)16-2/h3-5,10H,1-2H3. The second-order valence-electron chi connectivity index (χ2n) is 3.20. The molecule has 1 unspecified atom stereocenters. The lowest BCUT2D eigenvalue weighted by Crippen LogP contribution is -2.05. The van der Waals surface area contributed by atoms with Crippen LogP contribution in [0.3, 0.4) is 0 Å². The smallest absolute Gasteiger partial charge is 0.339 e. The van der Waals surface area contributed by atoms with Crippen LogP contribution in [0.1, 0.15) is 27.7 Å². The Morgan fingerprint density at radius 3 is 2.50 bits per heavy atom.